The van der Waals surface area contributed by atoms with E-state index in [0.29, 0.717) is 16.3 Å². The van der Waals surface area contributed by atoms with Crippen LogP contribution in [0.15, 0.2) is 18.2 Å². The van der Waals surface area contributed by atoms with Crippen molar-refractivity contribution in [3.63, 3.8) is 0 Å². The molecule has 7 nitrogen and oxygen atoms in total. The van der Waals surface area contributed by atoms with Crippen molar-refractivity contribution in [2.45, 2.75) is 51.1 Å². The van der Waals surface area contributed by atoms with Gasteiger partial charge in [0.2, 0.25) is 21.8 Å². The van der Waals surface area contributed by atoms with E-state index in [1.165, 1.54) is 4.90 Å². The molecule has 154 valence electrons. The van der Waals surface area contributed by atoms with Crippen molar-refractivity contribution < 1.29 is 18.0 Å². The van der Waals surface area contributed by atoms with Crippen molar-refractivity contribution >= 4 is 39.1 Å². The van der Waals surface area contributed by atoms with Gasteiger partial charge in [0.15, 0.2) is 0 Å². The first-order valence-electron chi connectivity index (χ1n) is 9.38. The predicted molar refractivity (Wildman–Crippen MR) is 109 cm³/mol. The van der Waals surface area contributed by atoms with Crippen LogP contribution in [0, 0.1) is 6.92 Å². The SMILES string of the molecule is Cc1c(Cl)cccc1N1C(=O)CN(S(C)(=O)=O)C[C@]1(C)C(=O)NC1CCCC1. The fourth-order valence-corrected chi connectivity index (χ4v) is 5.02. The molecule has 9 heteroatoms. The molecular weight excluding hydrogens is 402 g/mol. The highest BCUT2D eigenvalue weighted by molar-refractivity contribution is 7.88. The summed E-state index contributed by atoms with van der Waals surface area (Å²) >= 11 is 6.25. The van der Waals surface area contributed by atoms with E-state index in [-0.39, 0.29) is 25.0 Å². The average Bonchev–Trinajstić information content (AvgIpc) is 3.10. The molecule has 1 atom stereocenters. The quantitative estimate of drug-likeness (QED) is 0.796. The van der Waals surface area contributed by atoms with Gasteiger partial charge >= 0.3 is 0 Å². The second-order valence-electron chi connectivity index (χ2n) is 7.87. The summed E-state index contributed by atoms with van der Waals surface area (Å²) in [6, 6.07) is 5.22. The zero-order chi connectivity index (χ0) is 20.7. The van der Waals surface area contributed by atoms with Crippen LogP contribution in [0.3, 0.4) is 0 Å². The Labute approximate surface area is 171 Å². The number of nitrogens with one attached hydrogen (secondary N) is 1. The lowest BCUT2D eigenvalue weighted by molar-refractivity contribution is -0.133. The van der Waals surface area contributed by atoms with E-state index in [1.807, 2.05) is 0 Å². The van der Waals surface area contributed by atoms with Crippen molar-refractivity contribution in [3.05, 3.63) is 28.8 Å². The van der Waals surface area contributed by atoms with E-state index in [0.717, 1.165) is 36.2 Å². The van der Waals surface area contributed by atoms with Crippen LogP contribution in [0.5, 0.6) is 0 Å². The van der Waals surface area contributed by atoms with E-state index >= 15 is 0 Å². The zero-order valence-corrected chi connectivity index (χ0v) is 17.9. The van der Waals surface area contributed by atoms with Gasteiger partial charge in [-0.3, -0.25) is 14.5 Å². The molecule has 0 bridgehead atoms. The number of hydrogen-bond acceptors (Lipinski definition) is 4. The van der Waals surface area contributed by atoms with Crippen molar-refractivity contribution in [1.29, 1.82) is 0 Å². The molecule has 0 spiro atoms. The van der Waals surface area contributed by atoms with Crippen molar-refractivity contribution in [1.82, 2.24) is 9.62 Å². The Morgan fingerprint density at radius 2 is 1.93 bits per heavy atom. The monoisotopic (exact) mass is 427 g/mol. The normalized spacial score (nSPS) is 24.6. The molecule has 1 aliphatic carbocycles. The number of nitrogens with zero attached hydrogens (tertiary/aromatic N) is 2. The Balaban J connectivity index is 2.05. The number of piperazine rings is 1. The topological polar surface area (TPSA) is 86.8 Å². The van der Waals surface area contributed by atoms with Gasteiger partial charge < -0.3 is 5.32 Å². The average molecular weight is 428 g/mol. The lowest BCUT2D eigenvalue weighted by Crippen LogP contribution is -2.70. The maximum absolute atomic E-state index is 13.3. The molecule has 28 heavy (non-hydrogen) atoms. The fraction of sp³-hybridized carbons (Fsp3) is 0.579. The number of carbonyl (C=O) groups excluding carboxylic acids is 2. The van der Waals surface area contributed by atoms with Crippen LogP contribution in [-0.2, 0) is 19.6 Å². The lowest BCUT2D eigenvalue weighted by Gasteiger charge is -2.47. The van der Waals surface area contributed by atoms with Crippen LogP contribution < -0.4 is 10.2 Å². The summed E-state index contributed by atoms with van der Waals surface area (Å²) < 4.78 is 25.4. The molecule has 1 saturated heterocycles. The molecule has 3 rings (SSSR count). The van der Waals surface area contributed by atoms with Gasteiger partial charge in [-0.25, -0.2) is 8.42 Å². The van der Waals surface area contributed by atoms with E-state index in [4.69, 9.17) is 11.6 Å². The van der Waals surface area contributed by atoms with E-state index in [1.54, 1.807) is 32.0 Å². The predicted octanol–water partition coefficient (Wildman–Crippen LogP) is 2.07. The Morgan fingerprint density at radius 1 is 1.29 bits per heavy atom. The van der Waals surface area contributed by atoms with Crippen molar-refractivity contribution in [2.24, 2.45) is 0 Å². The molecule has 1 aliphatic heterocycles. The van der Waals surface area contributed by atoms with Crippen molar-refractivity contribution in [2.75, 3.05) is 24.2 Å². The standard InChI is InChI=1S/C19H26ClN3O4S/c1-13-15(20)9-6-10-16(13)23-17(24)11-22(28(3,26)27)12-19(23,2)18(25)21-14-7-4-5-8-14/h6,9-10,14H,4-5,7-8,11-12H2,1-3H3,(H,21,25)/t19-/m1/s1. The highest BCUT2D eigenvalue weighted by Gasteiger charge is 2.51. The van der Waals surface area contributed by atoms with Crippen LogP contribution in [-0.4, -0.2) is 55.5 Å². The molecule has 0 aromatic heterocycles. The molecule has 1 aromatic rings. The largest absolute Gasteiger partial charge is 0.351 e. The number of anilines is 1. The van der Waals surface area contributed by atoms with Gasteiger partial charge in [0.25, 0.3) is 0 Å². The van der Waals surface area contributed by atoms with Gasteiger partial charge in [0.05, 0.1) is 12.8 Å². The first-order chi connectivity index (χ1) is 13.0. The number of carbonyl (C=O) groups is 2. The van der Waals surface area contributed by atoms with Gasteiger partial charge in [-0.05, 0) is 44.4 Å². The third-order valence-corrected chi connectivity index (χ3v) is 7.27. The van der Waals surface area contributed by atoms with Crippen molar-refractivity contribution in [3.8, 4) is 0 Å². The van der Waals surface area contributed by atoms with E-state index < -0.39 is 21.5 Å². The third kappa shape index (κ3) is 3.90. The smallest absolute Gasteiger partial charge is 0.247 e. The molecule has 0 radical (unpaired) electrons. The number of rotatable bonds is 4. The molecule has 1 N–H and O–H groups in total. The summed E-state index contributed by atoms with van der Waals surface area (Å²) in [7, 11) is -3.63. The number of benzene rings is 1. The summed E-state index contributed by atoms with van der Waals surface area (Å²) in [6.45, 7) is 2.98. The minimum Gasteiger partial charge on any atom is -0.351 e. The molecular formula is C19H26ClN3O4S. The Kier molecular flexibility index (Phi) is 5.76. The summed E-state index contributed by atoms with van der Waals surface area (Å²) in [4.78, 5) is 27.8. The van der Waals surface area contributed by atoms with Gasteiger partial charge in [0.1, 0.15) is 5.54 Å². The fourth-order valence-electron chi connectivity index (χ4n) is 4.02. The summed E-state index contributed by atoms with van der Waals surface area (Å²) in [5.74, 6) is -0.799. The molecule has 2 aliphatic rings. The highest BCUT2D eigenvalue weighted by atomic mass is 35.5. The summed E-state index contributed by atoms with van der Waals surface area (Å²) in [5, 5.41) is 3.51. The molecule has 2 amide bonds. The van der Waals surface area contributed by atoms with Crippen LogP contribution in [0.2, 0.25) is 5.02 Å². The second-order valence-corrected chi connectivity index (χ2v) is 10.3. The van der Waals surface area contributed by atoms with Gasteiger partial charge in [-0.2, -0.15) is 4.31 Å². The van der Waals surface area contributed by atoms with E-state index in [2.05, 4.69) is 5.32 Å². The van der Waals surface area contributed by atoms with Crippen LogP contribution >= 0.6 is 11.6 Å². The van der Waals surface area contributed by atoms with E-state index in [9.17, 15) is 18.0 Å². The number of amides is 2. The number of sulfonamides is 1. The maximum Gasteiger partial charge on any atom is 0.247 e. The Morgan fingerprint density at radius 3 is 2.54 bits per heavy atom. The first-order valence-corrected chi connectivity index (χ1v) is 11.6. The molecule has 1 saturated carbocycles. The zero-order valence-electron chi connectivity index (χ0n) is 16.4. The number of hydrogen-bond donors (Lipinski definition) is 1. The molecule has 1 aromatic carbocycles. The number of halogens is 1. The van der Waals surface area contributed by atoms with Gasteiger partial charge in [0, 0.05) is 23.3 Å². The first kappa shape index (κ1) is 21.1. The summed E-state index contributed by atoms with van der Waals surface area (Å²) in [6.07, 6.45) is 4.93. The molecule has 2 fully saturated rings. The summed E-state index contributed by atoms with van der Waals surface area (Å²) in [5.41, 5.74) is -0.184. The molecule has 1 heterocycles. The van der Waals surface area contributed by atoms with Gasteiger partial charge in [-0.1, -0.05) is 30.5 Å². The Bertz CT molecular complexity index is 898. The maximum atomic E-state index is 13.3. The third-order valence-electron chi connectivity index (χ3n) is 5.67. The van der Waals surface area contributed by atoms with Crippen LogP contribution in [0.25, 0.3) is 0 Å². The highest BCUT2D eigenvalue weighted by Crippen LogP contribution is 2.35. The van der Waals surface area contributed by atoms with Crippen LogP contribution in [0.4, 0.5) is 5.69 Å². The minimum atomic E-state index is -3.63. The van der Waals surface area contributed by atoms with Gasteiger partial charge in [-0.15, -0.1) is 0 Å². The minimum absolute atomic E-state index is 0.0512. The second kappa shape index (κ2) is 7.65. The lowest BCUT2D eigenvalue weighted by atomic mass is 9.93. The molecule has 0 unspecified atom stereocenters. The van der Waals surface area contributed by atoms with Crippen LogP contribution in [0.1, 0.15) is 38.2 Å². The Hall–Kier alpha value is -1.64.